The first kappa shape index (κ1) is 12.3. The minimum atomic E-state index is -0.180. The van der Waals surface area contributed by atoms with Crippen LogP contribution in [0, 0.1) is 0 Å². The molecular formula is C15H14N4O. The van der Waals surface area contributed by atoms with Gasteiger partial charge in [0.05, 0.1) is 10.9 Å². The van der Waals surface area contributed by atoms with Crippen molar-refractivity contribution in [2.24, 2.45) is 0 Å². The minimum Gasteiger partial charge on any atom is -0.350 e. The van der Waals surface area contributed by atoms with E-state index in [-0.39, 0.29) is 5.91 Å². The zero-order valence-electron chi connectivity index (χ0n) is 10.8. The number of nitrogens with zero attached hydrogens (tertiary/aromatic N) is 2. The van der Waals surface area contributed by atoms with Crippen molar-refractivity contribution in [1.29, 1.82) is 0 Å². The topological polar surface area (TPSA) is 70.7 Å². The van der Waals surface area contributed by atoms with Gasteiger partial charge in [0.25, 0.3) is 5.91 Å². The summed E-state index contributed by atoms with van der Waals surface area (Å²) in [7, 11) is 0. The highest BCUT2D eigenvalue weighted by Crippen LogP contribution is 2.13. The standard InChI is InChI=1S/C15H14N4O/c20-15(17-9-6-11-4-2-1-3-5-11)14-12-10-16-8-7-13(12)18-19-14/h1-5,7-8,10H,6,9H2,(H,17,20)(H,18,19). The molecule has 0 atom stereocenters. The summed E-state index contributed by atoms with van der Waals surface area (Å²) in [6.45, 7) is 0.581. The second-order valence-electron chi connectivity index (χ2n) is 4.48. The molecule has 100 valence electrons. The lowest BCUT2D eigenvalue weighted by atomic mass is 10.1. The first-order chi connectivity index (χ1) is 9.84. The van der Waals surface area contributed by atoms with Gasteiger partial charge in [0.1, 0.15) is 0 Å². The quantitative estimate of drug-likeness (QED) is 0.758. The third kappa shape index (κ3) is 2.51. The van der Waals surface area contributed by atoms with Crippen LogP contribution in [0.4, 0.5) is 0 Å². The molecule has 0 spiro atoms. The Kier molecular flexibility index (Phi) is 3.41. The molecule has 0 aliphatic heterocycles. The van der Waals surface area contributed by atoms with Crippen LogP contribution in [0.1, 0.15) is 16.1 Å². The summed E-state index contributed by atoms with van der Waals surface area (Å²) in [4.78, 5) is 16.1. The molecule has 3 rings (SSSR count). The number of hydrogen-bond acceptors (Lipinski definition) is 3. The van der Waals surface area contributed by atoms with Crippen molar-refractivity contribution in [2.45, 2.75) is 6.42 Å². The Hall–Kier alpha value is -2.69. The number of benzene rings is 1. The van der Waals surface area contributed by atoms with Crippen LogP contribution in [0.15, 0.2) is 48.8 Å². The van der Waals surface area contributed by atoms with Gasteiger partial charge >= 0.3 is 0 Å². The number of carbonyl (C=O) groups is 1. The van der Waals surface area contributed by atoms with Crippen LogP contribution in [-0.4, -0.2) is 27.6 Å². The number of hydrogen-bond donors (Lipinski definition) is 2. The number of amides is 1. The Morgan fingerprint density at radius 2 is 2.05 bits per heavy atom. The van der Waals surface area contributed by atoms with E-state index in [1.54, 1.807) is 18.5 Å². The number of fused-ring (bicyclic) bond motifs is 1. The van der Waals surface area contributed by atoms with Gasteiger partial charge in [0.15, 0.2) is 5.69 Å². The van der Waals surface area contributed by atoms with Crippen LogP contribution < -0.4 is 5.32 Å². The third-order valence-corrected chi connectivity index (χ3v) is 3.12. The van der Waals surface area contributed by atoms with Gasteiger partial charge in [-0.2, -0.15) is 5.10 Å². The fourth-order valence-corrected chi connectivity index (χ4v) is 2.08. The van der Waals surface area contributed by atoms with Crippen molar-refractivity contribution in [3.63, 3.8) is 0 Å². The summed E-state index contributed by atoms with van der Waals surface area (Å²) in [6.07, 6.45) is 4.11. The molecule has 1 aromatic carbocycles. The Labute approximate surface area is 116 Å². The second kappa shape index (κ2) is 5.52. The molecule has 3 aromatic rings. The Balaban J connectivity index is 1.65. The smallest absolute Gasteiger partial charge is 0.272 e. The number of rotatable bonds is 4. The monoisotopic (exact) mass is 266 g/mol. The average Bonchev–Trinajstić information content (AvgIpc) is 2.92. The van der Waals surface area contributed by atoms with E-state index >= 15 is 0 Å². The molecule has 0 radical (unpaired) electrons. The van der Waals surface area contributed by atoms with Gasteiger partial charge in [0.2, 0.25) is 0 Å². The summed E-state index contributed by atoms with van der Waals surface area (Å²) in [5, 5.41) is 10.5. The fraction of sp³-hybridized carbons (Fsp3) is 0.133. The third-order valence-electron chi connectivity index (χ3n) is 3.12. The molecule has 2 heterocycles. The van der Waals surface area contributed by atoms with Gasteiger partial charge in [-0.1, -0.05) is 30.3 Å². The highest BCUT2D eigenvalue weighted by atomic mass is 16.1. The van der Waals surface area contributed by atoms with E-state index < -0.39 is 0 Å². The molecule has 0 saturated carbocycles. The van der Waals surface area contributed by atoms with Gasteiger partial charge in [-0.05, 0) is 18.1 Å². The van der Waals surface area contributed by atoms with Crippen LogP contribution in [-0.2, 0) is 6.42 Å². The van der Waals surface area contributed by atoms with Gasteiger partial charge in [0, 0.05) is 18.9 Å². The highest BCUT2D eigenvalue weighted by molar-refractivity contribution is 6.04. The van der Waals surface area contributed by atoms with Gasteiger partial charge in [-0.15, -0.1) is 0 Å². The van der Waals surface area contributed by atoms with Crippen molar-refractivity contribution >= 4 is 16.8 Å². The van der Waals surface area contributed by atoms with Crippen molar-refractivity contribution in [3.05, 3.63) is 60.0 Å². The van der Waals surface area contributed by atoms with Crippen LogP contribution >= 0.6 is 0 Å². The van der Waals surface area contributed by atoms with Crippen molar-refractivity contribution < 1.29 is 4.79 Å². The number of aromatic amines is 1. The Morgan fingerprint density at radius 3 is 2.90 bits per heavy atom. The molecule has 2 N–H and O–H groups in total. The number of carbonyl (C=O) groups excluding carboxylic acids is 1. The number of aromatic nitrogens is 3. The molecule has 5 heteroatoms. The molecule has 5 nitrogen and oxygen atoms in total. The first-order valence-electron chi connectivity index (χ1n) is 6.45. The Bertz CT molecular complexity index is 721. The first-order valence-corrected chi connectivity index (χ1v) is 6.45. The molecule has 20 heavy (non-hydrogen) atoms. The molecule has 0 aliphatic rings. The molecule has 0 unspecified atom stereocenters. The van der Waals surface area contributed by atoms with Gasteiger partial charge in [-0.25, -0.2) is 0 Å². The lowest BCUT2D eigenvalue weighted by molar-refractivity contribution is 0.0950. The largest absolute Gasteiger partial charge is 0.350 e. The van der Waals surface area contributed by atoms with Crippen LogP contribution in [0.2, 0.25) is 0 Å². The van der Waals surface area contributed by atoms with E-state index in [0.29, 0.717) is 12.2 Å². The zero-order valence-corrected chi connectivity index (χ0v) is 10.8. The summed E-state index contributed by atoms with van der Waals surface area (Å²) < 4.78 is 0. The predicted octanol–water partition coefficient (Wildman–Crippen LogP) is 1.93. The molecule has 0 saturated heterocycles. The predicted molar refractivity (Wildman–Crippen MR) is 76.4 cm³/mol. The fourth-order valence-electron chi connectivity index (χ4n) is 2.08. The summed E-state index contributed by atoms with van der Waals surface area (Å²) in [6, 6.07) is 11.8. The zero-order chi connectivity index (χ0) is 13.8. The minimum absolute atomic E-state index is 0.180. The van der Waals surface area contributed by atoms with E-state index in [2.05, 4.69) is 20.5 Å². The lowest BCUT2D eigenvalue weighted by Crippen LogP contribution is -2.26. The van der Waals surface area contributed by atoms with E-state index in [0.717, 1.165) is 17.3 Å². The maximum Gasteiger partial charge on any atom is 0.272 e. The van der Waals surface area contributed by atoms with Crippen molar-refractivity contribution in [3.8, 4) is 0 Å². The average molecular weight is 266 g/mol. The molecule has 2 aromatic heterocycles. The maximum absolute atomic E-state index is 12.1. The van der Waals surface area contributed by atoms with Crippen LogP contribution in [0.25, 0.3) is 10.9 Å². The second-order valence-corrected chi connectivity index (χ2v) is 4.48. The summed E-state index contributed by atoms with van der Waals surface area (Å²) in [5.74, 6) is -0.180. The van der Waals surface area contributed by atoms with Crippen molar-refractivity contribution in [2.75, 3.05) is 6.54 Å². The summed E-state index contributed by atoms with van der Waals surface area (Å²) >= 11 is 0. The van der Waals surface area contributed by atoms with Crippen LogP contribution in [0.5, 0.6) is 0 Å². The van der Waals surface area contributed by atoms with E-state index in [9.17, 15) is 4.79 Å². The van der Waals surface area contributed by atoms with E-state index in [4.69, 9.17) is 0 Å². The number of pyridine rings is 1. The lowest BCUT2D eigenvalue weighted by Gasteiger charge is -2.03. The van der Waals surface area contributed by atoms with Crippen molar-refractivity contribution in [1.82, 2.24) is 20.5 Å². The number of H-pyrrole nitrogens is 1. The normalized spacial score (nSPS) is 10.6. The molecule has 1 amide bonds. The molecule has 0 fully saturated rings. The molecule has 0 bridgehead atoms. The highest BCUT2D eigenvalue weighted by Gasteiger charge is 2.13. The van der Waals surface area contributed by atoms with Gasteiger partial charge in [-0.3, -0.25) is 14.9 Å². The van der Waals surface area contributed by atoms with Crippen LogP contribution in [0.3, 0.4) is 0 Å². The van der Waals surface area contributed by atoms with E-state index in [1.807, 2.05) is 30.3 Å². The van der Waals surface area contributed by atoms with E-state index in [1.165, 1.54) is 5.56 Å². The maximum atomic E-state index is 12.1. The SMILES string of the molecule is O=C(NCCc1ccccc1)c1n[nH]c2ccncc12. The summed E-state index contributed by atoms with van der Waals surface area (Å²) in [5.41, 5.74) is 2.40. The molecular weight excluding hydrogens is 252 g/mol. The van der Waals surface area contributed by atoms with Gasteiger partial charge < -0.3 is 5.32 Å². The molecule has 0 aliphatic carbocycles. The number of nitrogens with one attached hydrogen (secondary N) is 2. The Morgan fingerprint density at radius 1 is 1.20 bits per heavy atom.